The van der Waals surface area contributed by atoms with E-state index >= 15 is 0 Å². The molecule has 0 amide bonds. The van der Waals surface area contributed by atoms with Crippen LogP contribution in [0.1, 0.15) is 16.7 Å². The number of hydrogen-bond donors (Lipinski definition) is 1. The van der Waals surface area contributed by atoms with Gasteiger partial charge in [0.2, 0.25) is 5.95 Å². The van der Waals surface area contributed by atoms with E-state index in [9.17, 15) is 13.2 Å². The summed E-state index contributed by atoms with van der Waals surface area (Å²) in [6.07, 6.45) is -3.83. The third kappa shape index (κ3) is 4.20. The molecule has 5 nitrogen and oxygen atoms in total. The van der Waals surface area contributed by atoms with Crippen molar-refractivity contribution in [1.82, 2.24) is 9.97 Å². The Kier molecular flexibility index (Phi) is 5.18. The number of aryl methyl sites for hydroxylation is 1. The lowest BCUT2D eigenvalue weighted by atomic mass is 10.2. The summed E-state index contributed by atoms with van der Waals surface area (Å²) in [5.41, 5.74) is 1.67. The lowest BCUT2D eigenvalue weighted by molar-refractivity contribution is -0.137. The van der Waals surface area contributed by atoms with Gasteiger partial charge < -0.3 is 10.2 Å². The highest BCUT2D eigenvalue weighted by Crippen LogP contribution is 2.37. The molecule has 0 bridgehead atoms. The molecule has 142 valence electrons. The fraction of sp³-hybridized carbons (Fsp3) is 0.150. The smallest absolute Gasteiger partial charge is 0.329 e. The minimum atomic E-state index is -4.60. The molecule has 0 fully saturated rings. The molecule has 2 aromatic carbocycles. The molecule has 0 saturated heterocycles. The Morgan fingerprint density at radius 3 is 2.25 bits per heavy atom. The average molecular weight is 383 g/mol. The number of hydrogen-bond acceptors (Lipinski definition) is 5. The van der Waals surface area contributed by atoms with Crippen molar-refractivity contribution in [1.29, 1.82) is 5.26 Å². The van der Waals surface area contributed by atoms with Crippen LogP contribution < -0.4 is 10.2 Å². The zero-order chi connectivity index (χ0) is 20.3. The van der Waals surface area contributed by atoms with Gasteiger partial charge in [-0.05, 0) is 43.3 Å². The molecule has 0 spiro atoms. The van der Waals surface area contributed by atoms with Gasteiger partial charge in [-0.15, -0.1) is 0 Å². The van der Waals surface area contributed by atoms with Crippen LogP contribution in [0.3, 0.4) is 0 Å². The summed E-state index contributed by atoms with van der Waals surface area (Å²) in [4.78, 5) is 9.26. The predicted molar refractivity (Wildman–Crippen MR) is 101 cm³/mol. The second-order valence-corrected chi connectivity index (χ2v) is 6.14. The Bertz CT molecular complexity index is 1010. The highest BCUT2D eigenvalue weighted by Gasteiger charge is 2.36. The number of rotatable bonds is 4. The third-order valence-electron chi connectivity index (χ3n) is 4.08. The number of halogens is 3. The summed E-state index contributed by atoms with van der Waals surface area (Å²) in [6, 6.07) is 15.5. The van der Waals surface area contributed by atoms with Crippen molar-refractivity contribution in [2.24, 2.45) is 0 Å². The normalized spacial score (nSPS) is 11.0. The van der Waals surface area contributed by atoms with Crippen molar-refractivity contribution in [3.8, 4) is 6.07 Å². The molecule has 1 N–H and O–H groups in total. The van der Waals surface area contributed by atoms with Gasteiger partial charge in [-0.2, -0.15) is 23.4 Å². The molecule has 0 unspecified atom stereocenters. The number of nitrogens with zero attached hydrogens (tertiary/aromatic N) is 4. The molecule has 8 heteroatoms. The third-order valence-corrected chi connectivity index (χ3v) is 4.08. The first kappa shape index (κ1) is 19.2. The first-order chi connectivity index (χ1) is 13.3. The van der Waals surface area contributed by atoms with Gasteiger partial charge in [0.25, 0.3) is 0 Å². The van der Waals surface area contributed by atoms with Crippen LogP contribution in [0.4, 0.5) is 36.3 Å². The van der Waals surface area contributed by atoms with Gasteiger partial charge in [-0.1, -0.05) is 17.7 Å². The van der Waals surface area contributed by atoms with Gasteiger partial charge in [-0.25, -0.2) is 4.98 Å². The maximum atomic E-state index is 13.5. The van der Waals surface area contributed by atoms with E-state index in [-0.39, 0.29) is 11.8 Å². The van der Waals surface area contributed by atoms with Crippen molar-refractivity contribution in [3.05, 3.63) is 71.4 Å². The number of benzene rings is 2. The van der Waals surface area contributed by atoms with Crippen molar-refractivity contribution in [2.75, 3.05) is 17.3 Å². The van der Waals surface area contributed by atoms with Crippen LogP contribution in [0.15, 0.2) is 54.7 Å². The van der Waals surface area contributed by atoms with Crippen LogP contribution >= 0.6 is 0 Å². The van der Waals surface area contributed by atoms with Crippen LogP contribution in [0, 0.1) is 18.3 Å². The second kappa shape index (κ2) is 7.56. The lowest BCUT2D eigenvalue weighted by Gasteiger charge is -2.23. The number of nitrogens with one attached hydrogen (secondary N) is 1. The van der Waals surface area contributed by atoms with Crippen molar-refractivity contribution in [3.63, 3.8) is 0 Å². The summed E-state index contributed by atoms with van der Waals surface area (Å²) < 4.78 is 40.4. The number of nitriles is 1. The molecule has 28 heavy (non-hydrogen) atoms. The Balaban J connectivity index is 1.99. The van der Waals surface area contributed by atoms with Crippen LogP contribution in [-0.2, 0) is 6.18 Å². The fourth-order valence-electron chi connectivity index (χ4n) is 2.54. The van der Waals surface area contributed by atoms with Gasteiger partial charge in [0.15, 0.2) is 5.82 Å². The number of aromatic nitrogens is 2. The molecular weight excluding hydrogens is 367 g/mol. The van der Waals surface area contributed by atoms with E-state index in [1.165, 1.54) is 11.9 Å². The summed E-state index contributed by atoms with van der Waals surface area (Å²) in [6.45, 7) is 1.90. The monoisotopic (exact) mass is 383 g/mol. The lowest BCUT2D eigenvalue weighted by Crippen LogP contribution is -2.19. The quantitative estimate of drug-likeness (QED) is 0.672. The van der Waals surface area contributed by atoms with Crippen LogP contribution in [0.2, 0.25) is 0 Å². The number of alkyl halides is 3. The highest BCUT2D eigenvalue weighted by atomic mass is 19.4. The van der Waals surface area contributed by atoms with Crippen molar-refractivity contribution < 1.29 is 13.2 Å². The molecule has 0 aliphatic heterocycles. The SMILES string of the molecule is Cc1ccc(N(C)c2nc(Nc3ccc(C#N)cc3)ncc2C(F)(F)F)cc1. The van der Waals surface area contributed by atoms with E-state index in [4.69, 9.17) is 5.26 Å². The van der Waals surface area contributed by atoms with Crippen LogP contribution in [-0.4, -0.2) is 17.0 Å². The van der Waals surface area contributed by atoms with Gasteiger partial charge in [0, 0.05) is 24.6 Å². The molecule has 0 aliphatic rings. The highest BCUT2D eigenvalue weighted by molar-refractivity contribution is 5.65. The standard InChI is InChI=1S/C20H16F3N5/c1-13-3-9-16(10-4-13)28(2)18-17(20(21,22)23)12-25-19(27-18)26-15-7-5-14(11-24)6-8-15/h3-10,12H,1-2H3,(H,25,26,27). The molecule has 3 aromatic rings. The van der Waals surface area contributed by atoms with Gasteiger partial charge in [0.1, 0.15) is 5.56 Å². The Morgan fingerprint density at radius 1 is 1.04 bits per heavy atom. The van der Waals surface area contributed by atoms with Gasteiger partial charge in [0.05, 0.1) is 11.6 Å². The summed E-state index contributed by atoms with van der Waals surface area (Å²) in [7, 11) is 1.52. The summed E-state index contributed by atoms with van der Waals surface area (Å²) in [5.74, 6) is -0.242. The first-order valence-corrected chi connectivity index (χ1v) is 8.30. The Morgan fingerprint density at radius 2 is 1.68 bits per heavy atom. The minimum Gasteiger partial charge on any atom is -0.329 e. The van der Waals surface area contributed by atoms with Gasteiger partial charge in [-0.3, -0.25) is 0 Å². The zero-order valence-electron chi connectivity index (χ0n) is 15.1. The topological polar surface area (TPSA) is 64.8 Å². The molecule has 0 atom stereocenters. The van der Waals surface area contributed by atoms with Crippen molar-refractivity contribution >= 4 is 23.1 Å². The Labute approximate surface area is 160 Å². The van der Waals surface area contributed by atoms with Crippen molar-refractivity contribution in [2.45, 2.75) is 13.1 Å². The van der Waals surface area contributed by atoms with Gasteiger partial charge >= 0.3 is 6.18 Å². The van der Waals surface area contributed by atoms with E-state index in [1.807, 2.05) is 25.1 Å². The summed E-state index contributed by atoms with van der Waals surface area (Å²) >= 11 is 0. The molecule has 0 saturated carbocycles. The fourth-order valence-corrected chi connectivity index (χ4v) is 2.54. The largest absolute Gasteiger partial charge is 0.421 e. The molecular formula is C20H16F3N5. The minimum absolute atomic E-state index is 0.0201. The zero-order valence-corrected chi connectivity index (χ0v) is 15.1. The molecule has 3 rings (SSSR count). The maximum Gasteiger partial charge on any atom is 0.421 e. The molecule has 0 aliphatic carbocycles. The van der Waals surface area contributed by atoms with E-state index in [0.717, 1.165) is 11.8 Å². The summed E-state index contributed by atoms with van der Waals surface area (Å²) in [5, 5.41) is 11.7. The molecule has 0 radical (unpaired) electrons. The van der Waals surface area contributed by atoms with Crippen LogP contribution in [0.25, 0.3) is 0 Å². The van der Waals surface area contributed by atoms with E-state index in [0.29, 0.717) is 16.9 Å². The maximum absolute atomic E-state index is 13.5. The second-order valence-electron chi connectivity index (χ2n) is 6.14. The predicted octanol–water partition coefficient (Wildman–Crippen LogP) is 5.19. The Hall–Kier alpha value is -3.60. The average Bonchev–Trinajstić information content (AvgIpc) is 2.68. The van der Waals surface area contributed by atoms with E-state index in [1.54, 1.807) is 36.4 Å². The van der Waals surface area contributed by atoms with Crippen LogP contribution in [0.5, 0.6) is 0 Å². The van der Waals surface area contributed by atoms with E-state index < -0.39 is 11.7 Å². The van der Waals surface area contributed by atoms with E-state index in [2.05, 4.69) is 15.3 Å². The number of anilines is 4. The first-order valence-electron chi connectivity index (χ1n) is 8.30. The molecule has 1 aromatic heterocycles. The molecule has 1 heterocycles.